The van der Waals surface area contributed by atoms with Crippen molar-refractivity contribution in [1.29, 1.82) is 0 Å². The SMILES string of the molecule is CC(C)(C)OC(=O)N1CCC[C@H](OCc2cc(C(F)(F)F)cc(C(F)(F)F)c2)[C@@H]1c1ccccc1Cl. The van der Waals surface area contributed by atoms with E-state index in [2.05, 4.69) is 0 Å². The van der Waals surface area contributed by atoms with Crippen LogP contribution in [-0.2, 0) is 28.4 Å². The summed E-state index contributed by atoms with van der Waals surface area (Å²) in [5.74, 6) is 0. The number of amides is 1. The number of carbonyl (C=O) groups is 1. The van der Waals surface area contributed by atoms with Crippen molar-refractivity contribution in [1.82, 2.24) is 4.90 Å². The number of ether oxygens (including phenoxy) is 2. The van der Waals surface area contributed by atoms with Gasteiger partial charge in [-0.1, -0.05) is 29.8 Å². The minimum atomic E-state index is -4.96. The number of piperidine rings is 1. The molecule has 1 aliphatic heterocycles. The van der Waals surface area contributed by atoms with Crippen LogP contribution in [0, 0.1) is 0 Å². The molecule has 0 N–H and O–H groups in total. The minimum Gasteiger partial charge on any atom is -0.444 e. The van der Waals surface area contributed by atoms with Gasteiger partial charge in [0, 0.05) is 11.6 Å². The molecule has 36 heavy (non-hydrogen) atoms. The lowest BCUT2D eigenvalue weighted by Crippen LogP contribution is -2.48. The number of alkyl halides is 6. The number of nitrogens with zero attached hydrogens (tertiary/aromatic N) is 1. The summed E-state index contributed by atoms with van der Waals surface area (Å²) in [6, 6.07) is 7.31. The molecule has 2 aromatic carbocycles. The number of rotatable bonds is 4. The van der Waals surface area contributed by atoms with E-state index in [4.69, 9.17) is 21.1 Å². The molecule has 1 aliphatic rings. The summed E-state index contributed by atoms with van der Waals surface area (Å²) in [4.78, 5) is 14.4. The molecule has 1 saturated heterocycles. The van der Waals surface area contributed by atoms with Gasteiger partial charge in [-0.3, -0.25) is 4.90 Å². The van der Waals surface area contributed by atoms with E-state index in [0.717, 1.165) is 0 Å². The van der Waals surface area contributed by atoms with Crippen molar-refractivity contribution in [2.24, 2.45) is 0 Å². The molecule has 0 spiro atoms. The van der Waals surface area contributed by atoms with Gasteiger partial charge < -0.3 is 9.47 Å². The highest BCUT2D eigenvalue weighted by atomic mass is 35.5. The quantitative estimate of drug-likeness (QED) is 0.371. The van der Waals surface area contributed by atoms with E-state index in [0.29, 0.717) is 42.1 Å². The van der Waals surface area contributed by atoms with Gasteiger partial charge in [-0.2, -0.15) is 26.3 Å². The molecule has 2 atom stereocenters. The minimum absolute atomic E-state index is 0.0703. The third-order valence-corrected chi connectivity index (χ3v) is 5.88. The highest BCUT2D eigenvalue weighted by Gasteiger charge is 2.40. The monoisotopic (exact) mass is 537 g/mol. The van der Waals surface area contributed by atoms with Crippen molar-refractivity contribution < 1.29 is 40.6 Å². The summed E-state index contributed by atoms with van der Waals surface area (Å²) < 4.78 is 90.9. The molecule has 4 nitrogen and oxygen atoms in total. The number of likely N-dealkylation sites (tertiary alicyclic amines) is 1. The molecule has 0 aliphatic carbocycles. The molecule has 1 amide bonds. The van der Waals surface area contributed by atoms with E-state index in [1.807, 2.05) is 0 Å². The maximum Gasteiger partial charge on any atom is 0.416 e. The smallest absolute Gasteiger partial charge is 0.416 e. The molecule has 0 aromatic heterocycles. The van der Waals surface area contributed by atoms with Crippen molar-refractivity contribution in [2.45, 2.75) is 70.3 Å². The van der Waals surface area contributed by atoms with Crippen LogP contribution in [0.25, 0.3) is 0 Å². The first-order valence-corrected chi connectivity index (χ1v) is 11.6. The maximum absolute atomic E-state index is 13.3. The summed E-state index contributed by atoms with van der Waals surface area (Å²) >= 11 is 6.40. The first-order valence-electron chi connectivity index (χ1n) is 11.2. The highest BCUT2D eigenvalue weighted by molar-refractivity contribution is 6.31. The Kier molecular flexibility index (Phi) is 8.20. The summed E-state index contributed by atoms with van der Waals surface area (Å²) in [6.07, 6.45) is -10.4. The second-order valence-electron chi connectivity index (χ2n) is 9.55. The first-order chi connectivity index (χ1) is 16.6. The van der Waals surface area contributed by atoms with E-state index in [1.54, 1.807) is 45.0 Å². The van der Waals surface area contributed by atoms with E-state index in [-0.39, 0.29) is 11.6 Å². The number of halogens is 7. The van der Waals surface area contributed by atoms with Crippen LogP contribution in [0.5, 0.6) is 0 Å². The Balaban J connectivity index is 1.94. The predicted molar refractivity (Wildman–Crippen MR) is 121 cm³/mol. The van der Waals surface area contributed by atoms with Gasteiger partial charge >= 0.3 is 18.4 Å². The van der Waals surface area contributed by atoms with Gasteiger partial charge in [0.15, 0.2) is 0 Å². The molecule has 1 heterocycles. The van der Waals surface area contributed by atoms with Crippen LogP contribution >= 0.6 is 11.6 Å². The maximum atomic E-state index is 13.3. The molecule has 0 radical (unpaired) electrons. The molecule has 11 heteroatoms. The Bertz CT molecular complexity index is 1050. The lowest BCUT2D eigenvalue weighted by atomic mass is 9.92. The van der Waals surface area contributed by atoms with Crippen molar-refractivity contribution in [2.75, 3.05) is 6.54 Å². The zero-order valence-electron chi connectivity index (χ0n) is 19.8. The third kappa shape index (κ3) is 7.06. The second kappa shape index (κ2) is 10.5. The Morgan fingerprint density at radius 2 is 1.58 bits per heavy atom. The lowest BCUT2D eigenvalue weighted by Gasteiger charge is -2.42. The van der Waals surface area contributed by atoms with E-state index >= 15 is 0 Å². The summed E-state index contributed by atoms with van der Waals surface area (Å²) in [5, 5.41) is 0.338. The van der Waals surface area contributed by atoms with E-state index in [9.17, 15) is 31.1 Å². The largest absolute Gasteiger partial charge is 0.444 e. The Morgan fingerprint density at radius 3 is 2.11 bits per heavy atom. The first kappa shape index (κ1) is 28.1. The van der Waals surface area contributed by atoms with Crippen LogP contribution < -0.4 is 0 Å². The highest BCUT2D eigenvalue weighted by Crippen LogP contribution is 2.39. The topological polar surface area (TPSA) is 38.8 Å². The van der Waals surface area contributed by atoms with Crippen LogP contribution in [0.4, 0.5) is 31.1 Å². The number of carbonyl (C=O) groups excluding carboxylic acids is 1. The molecule has 0 saturated carbocycles. The van der Waals surface area contributed by atoms with Gasteiger partial charge in [0.05, 0.1) is 29.9 Å². The Morgan fingerprint density at radius 1 is 1.00 bits per heavy atom. The van der Waals surface area contributed by atoms with Gasteiger partial charge in [-0.15, -0.1) is 0 Å². The average Bonchev–Trinajstić information content (AvgIpc) is 2.75. The Hall–Kier alpha value is -2.46. The number of hydrogen-bond acceptors (Lipinski definition) is 3. The fourth-order valence-corrected chi connectivity index (χ4v) is 4.30. The van der Waals surface area contributed by atoms with Crippen molar-refractivity contribution in [3.8, 4) is 0 Å². The van der Waals surface area contributed by atoms with Crippen LogP contribution in [0.1, 0.15) is 61.9 Å². The van der Waals surface area contributed by atoms with Gasteiger partial charge in [0.25, 0.3) is 0 Å². The summed E-state index contributed by atoms with van der Waals surface area (Å²) in [6.45, 7) is 4.91. The zero-order valence-corrected chi connectivity index (χ0v) is 20.6. The fraction of sp³-hybridized carbons (Fsp3) is 0.480. The van der Waals surface area contributed by atoms with Crippen molar-refractivity contribution in [3.05, 3.63) is 69.7 Å². The average molecular weight is 538 g/mol. The molecular weight excluding hydrogens is 512 g/mol. The number of hydrogen-bond donors (Lipinski definition) is 0. The summed E-state index contributed by atoms with van der Waals surface area (Å²) in [7, 11) is 0. The number of benzene rings is 2. The van der Waals surface area contributed by atoms with Crippen LogP contribution in [0.3, 0.4) is 0 Å². The predicted octanol–water partition coefficient (Wildman–Crippen LogP) is 8.04. The molecule has 2 aromatic rings. The molecule has 0 bridgehead atoms. The van der Waals surface area contributed by atoms with Gasteiger partial charge in [-0.25, -0.2) is 4.79 Å². The van der Waals surface area contributed by atoms with Crippen LogP contribution in [0.2, 0.25) is 5.02 Å². The Labute approximate surface area is 210 Å². The standard InChI is InChI=1S/C25H26ClF6NO3/c1-23(2,3)36-22(34)33-10-6-9-20(21(33)18-7-4-5-8-19(18)26)35-14-15-11-16(24(27,28)29)13-17(12-15)25(30,31)32/h4-5,7-8,11-13,20-21H,6,9-10,14H2,1-3H3/t20-,21-/m0/s1. The molecular formula is C25H26ClF6NO3. The normalized spacial score (nSPS) is 19.3. The third-order valence-electron chi connectivity index (χ3n) is 5.54. The molecule has 1 fully saturated rings. The zero-order chi connectivity index (χ0) is 26.9. The van der Waals surface area contributed by atoms with Gasteiger partial charge in [0.2, 0.25) is 0 Å². The van der Waals surface area contributed by atoms with Crippen molar-refractivity contribution in [3.63, 3.8) is 0 Å². The van der Waals surface area contributed by atoms with Gasteiger partial charge in [-0.05, 0) is 69.0 Å². The molecule has 198 valence electrons. The van der Waals surface area contributed by atoms with Crippen LogP contribution in [-0.4, -0.2) is 29.2 Å². The molecule has 0 unspecified atom stereocenters. The van der Waals surface area contributed by atoms with Gasteiger partial charge in [0.1, 0.15) is 5.60 Å². The summed E-state index contributed by atoms with van der Waals surface area (Å²) in [5.41, 5.74) is -3.38. The lowest BCUT2D eigenvalue weighted by molar-refractivity contribution is -0.143. The van der Waals surface area contributed by atoms with E-state index in [1.165, 1.54) is 4.90 Å². The fourth-order valence-electron chi connectivity index (χ4n) is 4.05. The van der Waals surface area contributed by atoms with Crippen LogP contribution in [0.15, 0.2) is 42.5 Å². The molecule has 3 rings (SSSR count). The second-order valence-corrected chi connectivity index (χ2v) is 9.95. The van der Waals surface area contributed by atoms with Crippen molar-refractivity contribution >= 4 is 17.7 Å². The van der Waals surface area contributed by atoms with E-state index < -0.39 is 53.9 Å².